The Morgan fingerprint density at radius 1 is 1.11 bits per heavy atom. The molecular formula is C21H24N6O. The van der Waals surface area contributed by atoms with Crippen molar-refractivity contribution in [3.8, 4) is 11.9 Å². The summed E-state index contributed by atoms with van der Waals surface area (Å²) in [5, 5.41) is 11.0. The minimum atomic E-state index is -0.560. The maximum absolute atomic E-state index is 9.23. The number of nitrogens with zero attached hydrogens (tertiary/aromatic N) is 5. The lowest BCUT2D eigenvalue weighted by Crippen LogP contribution is -2.29. The van der Waals surface area contributed by atoms with E-state index in [4.69, 9.17) is 10.5 Å². The van der Waals surface area contributed by atoms with Crippen LogP contribution in [0.15, 0.2) is 24.7 Å². The van der Waals surface area contributed by atoms with Crippen molar-refractivity contribution >= 4 is 10.8 Å². The van der Waals surface area contributed by atoms with Crippen LogP contribution in [0.1, 0.15) is 62.0 Å². The second-order valence-corrected chi connectivity index (χ2v) is 7.66. The summed E-state index contributed by atoms with van der Waals surface area (Å²) in [6.07, 6.45) is 5.65. The number of aromatic nitrogens is 4. The molecule has 144 valence electrons. The van der Waals surface area contributed by atoms with Gasteiger partial charge in [0.1, 0.15) is 6.07 Å². The Balaban J connectivity index is 2.08. The zero-order chi connectivity index (χ0) is 20.5. The Labute approximate surface area is 164 Å². The molecule has 0 aromatic carbocycles. The van der Waals surface area contributed by atoms with E-state index in [9.17, 15) is 5.26 Å². The molecule has 28 heavy (non-hydrogen) atoms. The van der Waals surface area contributed by atoms with E-state index < -0.39 is 5.54 Å². The van der Waals surface area contributed by atoms with Gasteiger partial charge in [-0.15, -0.1) is 0 Å². The fraction of sp³-hybridized carbons (Fsp3) is 0.381. The van der Waals surface area contributed by atoms with Crippen molar-refractivity contribution in [3.05, 3.63) is 53.0 Å². The fourth-order valence-corrected chi connectivity index (χ4v) is 3.13. The molecule has 0 fully saturated rings. The summed E-state index contributed by atoms with van der Waals surface area (Å²) in [5.74, 6) is 0.633. The minimum Gasteiger partial charge on any atom is -0.481 e. The number of rotatable bonds is 5. The average molecular weight is 376 g/mol. The SMILES string of the molecule is COc1ncc(C(C)(C)N)c2cc(Cc3cnc(C#N)c(C(C)C)n3)ncc12. The summed E-state index contributed by atoms with van der Waals surface area (Å²) < 4.78 is 5.38. The molecule has 0 saturated heterocycles. The molecule has 3 aromatic heterocycles. The molecule has 0 bridgehead atoms. The molecule has 0 atom stereocenters. The molecule has 7 nitrogen and oxygen atoms in total. The quantitative estimate of drug-likeness (QED) is 0.728. The molecule has 0 radical (unpaired) electrons. The molecule has 0 spiro atoms. The van der Waals surface area contributed by atoms with Crippen LogP contribution in [0.3, 0.4) is 0 Å². The van der Waals surface area contributed by atoms with Crippen molar-refractivity contribution in [1.82, 2.24) is 19.9 Å². The van der Waals surface area contributed by atoms with Gasteiger partial charge in [-0.2, -0.15) is 5.26 Å². The Kier molecular flexibility index (Phi) is 5.25. The Bertz CT molecular complexity index is 1060. The first-order valence-electron chi connectivity index (χ1n) is 9.11. The number of methoxy groups -OCH3 is 1. The van der Waals surface area contributed by atoms with E-state index in [0.717, 1.165) is 27.7 Å². The number of hydrogen-bond acceptors (Lipinski definition) is 7. The van der Waals surface area contributed by atoms with Crippen LogP contribution in [0, 0.1) is 11.3 Å². The van der Waals surface area contributed by atoms with Gasteiger partial charge in [0.25, 0.3) is 0 Å². The lowest BCUT2D eigenvalue weighted by atomic mass is 9.92. The number of fused-ring (bicyclic) bond motifs is 1. The molecule has 0 saturated carbocycles. The van der Waals surface area contributed by atoms with Gasteiger partial charge in [-0.1, -0.05) is 13.8 Å². The number of nitriles is 1. The fourth-order valence-electron chi connectivity index (χ4n) is 3.13. The van der Waals surface area contributed by atoms with Crippen LogP contribution in [-0.4, -0.2) is 27.0 Å². The molecule has 0 aliphatic rings. The molecule has 3 heterocycles. The van der Waals surface area contributed by atoms with Crippen LogP contribution < -0.4 is 10.5 Å². The van der Waals surface area contributed by atoms with E-state index in [-0.39, 0.29) is 5.92 Å². The summed E-state index contributed by atoms with van der Waals surface area (Å²) in [5.41, 5.74) is 9.38. The molecule has 2 N–H and O–H groups in total. The van der Waals surface area contributed by atoms with E-state index in [0.29, 0.717) is 23.7 Å². The van der Waals surface area contributed by atoms with Gasteiger partial charge >= 0.3 is 0 Å². The summed E-state index contributed by atoms with van der Waals surface area (Å²) in [4.78, 5) is 17.8. The van der Waals surface area contributed by atoms with Crippen LogP contribution in [-0.2, 0) is 12.0 Å². The third-order valence-corrected chi connectivity index (χ3v) is 4.54. The maximum atomic E-state index is 9.23. The number of pyridine rings is 2. The summed E-state index contributed by atoms with van der Waals surface area (Å²) in [6, 6.07) is 4.10. The Hall–Kier alpha value is -3.11. The van der Waals surface area contributed by atoms with Gasteiger partial charge in [-0.05, 0) is 36.8 Å². The van der Waals surface area contributed by atoms with Gasteiger partial charge in [-0.25, -0.2) is 9.97 Å². The lowest BCUT2D eigenvalue weighted by Gasteiger charge is -2.21. The third kappa shape index (κ3) is 3.78. The highest BCUT2D eigenvalue weighted by Crippen LogP contribution is 2.31. The second-order valence-electron chi connectivity index (χ2n) is 7.66. The van der Waals surface area contributed by atoms with E-state index in [1.807, 2.05) is 33.8 Å². The largest absolute Gasteiger partial charge is 0.481 e. The molecule has 3 aromatic rings. The van der Waals surface area contributed by atoms with Gasteiger partial charge in [0, 0.05) is 30.0 Å². The Morgan fingerprint density at radius 3 is 2.46 bits per heavy atom. The topological polar surface area (TPSA) is 111 Å². The molecule has 3 rings (SSSR count). The highest BCUT2D eigenvalue weighted by Gasteiger charge is 2.21. The monoisotopic (exact) mass is 376 g/mol. The van der Waals surface area contributed by atoms with E-state index in [1.165, 1.54) is 0 Å². The van der Waals surface area contributed by atoms with Gasteiger partial charge < -0.3 is 10.5 Å². The van der Waals surface area contributed by atoms with Crippen molar-refractivity contribution in [3.63, 3.8) is 0 Å². The Morgan fingerprint density at radius 2 is 1.86 bits per heavy atom. The van der Waals surface area contributed by atoms with E-state index in [2.05, 4.69) is 26.0 Å². The summed E-state index contributed by atoms with van der Waals surface area (Å²) in [7, 11) is 1.59. The highest BCUT2D eigenvalue weighted by atomic mass is 16.5. The van der Waals surface area contributed by atoms with Crippen LogP contribution in [0.2, 0.25) is 0 Å². The first-order valence-corrected chi connectivity index (χ1v) is 9.11. The van der Waals surface area contributed by atoms with Gasteiger partial charge in [0.05, 0.1) is 30.1 Å². The van der Waals surface area contributed by atoms with Gasteiger partial charge in [-0.3, -0.25) is 9.97 Å². The number of ether oxygens (including phenoxy) is 1. The number of nitrogens with two attached hydrogens (primary N) is 1. The number of hydrogen-bond donors (Lipinski definition) is 1. The van der Waals surface area contributed by atoms with Crippen LogP contribution in [0.4, 0.5) is 0 Å². The molecule has 0 aliphatic carbocycles. The predicted octanol–water partition coefficient (Wildman–Crippen LogP) is 3.21. The van der Waals surface area contributed by atoms with Crippen molar-refractivity contribution in [2.24, 2.45) is 5.73 Å². The minimum absolute atomic E-state index is 0.117. The molecule has 0 unspecified atom stereocenters. The van der Waals surface area contributed by atoms with Crippen molar-refractivity contribution in [2.45, 2.75) is 45.6 Å². The third-order valence-electron chi connectivity index (χ3n) is 4.54. The molecule has 0 aliphatic heterocycles. The lowest BCUT2D eigenvalue weighted by molar-refractivity contribution is 0.402. The highest BCUT2D eigenvalue weighted by molar-refractivity contribution is 5.89. The molecular weight excluding hydrogens is 352 g/mol. The smallest absolute Gasteiger partial charge is 0.222 e. The van der Waals surface area contributed by atoms with Crippen LogP contribution in [0.5, 0.6) is 5.88 Å². The normalized spacial score (nSPS) is 11.6. The standard InChI is InChI=1S/C21H24N6O/c1-12(2)19-18(8-22)25-9-14(27-19)6-13-7-15-16(10-24-13)20(28-5)26-11-17(15)21(3,4)23/h7,9-12H,6,23H2,1-5H3. The zero-order valence-electron chi connectivity index (χ0n) is 16.8. The second kappa shape index (κ2) is 7.49. The zero-order valence-corrected chi connectivity index (χ0v) is 16.8. The molecule has 0 amide bonds. The summed E-state index contributed by atoms with van der Waals surface area (Å²) >= 11 is 0. The van der Waals surface area contributed by atoms with Gasteiger partial charge in [0.2, 0.25) is 5.88 Å². The van der Waals surface area contributed by atoms with Crippen LogP contribution >= 0.6 is 0 Å². The first kappa shape index (κ1) is 19.6. The van der Waals surface area contributed by atoms with Gasteiger partial charge in [0.15, 0.2) is 5.69 Å². The average Bonchev–Trinajstić information content (AvgIpc) is 2.66. The van der Waals surface area contributed by atoms with Crippen LogP contribution in [0.25, 0.3) is 10.8 Å². The van der Waals surface area contributed by atoms with Crippen molar-refractivity contribution in [2.75, 3.05) is 7.11 Å². The van der Waals surface area contributed by atoms with Crippen molar-refractivity contribution < 1.29 is 4.74 Å². The maximum Gasteiger partial charge on any atom is 0.222 e. The molecule has 7 heteroatoms. The van der Waals surface area contributed by atoms with Crippen molar-refractivity contribution in [1.29, 1.82) is 5.26 Å². The first-order chi connectivity index (χ1) is 13.2. The predicted molar refractivity (Wildman–Crippen MR) is 107 cm³/mol. The van der Waals surface area contributed by atoms with E-state index in [1.54, 1.807) is 25.7 Å². The summed E-state index contributed by atoms with van der Waals surface area (Å²) in [6.45, 7) is 7.88. The van der Waals surface area contributed by atoms with E-state index >= 15 is 0 Å².